The minimum Gasteiger partial charge on any atom is -0.352 e. The van der Waals surface area contributed by atoms with Crippen LogP contribution >= 0.6 is 11.8 Å². The van der Waals surface area contributed by atoms with Gasteiger partial charge in [0.05, 0.1) is 5.41 Å². The van der Waals surface area contributed by atoms with Crippen molar-refractivity contribution in [3.8, 4) is 0 Å². The van der Waals surface area contributed by atoms with Crippen LogP contribution in [0.25, 0.3) is 0 Å². The Balaban J connectivity index is 1.95. The topological polar surface area (TPSA) is 55.1 Å². The minimum atomic E-state index is -0.262. The Hall–Kier alpha value is -0.220. The van der Waals surface area contributed by atoms with Crippen molar-refractivity contribution in [3.63, 3.8) is 0 Å². The molecule has 2 saturated carbocycles. The Morgan fingerprint density at radius 3 is 2.63 bits per heavy atom. The molecule has 0 heterocycles. The van der Waals surface area contributed by atoms with Gasteiger partial charge in [-0.05, 0) is 31.4 Å². The van der Waals surface area contributed by atoms with Gasteiger partial charge in [0, 0.05) is 17.8 Å². The van der Waals surface area contributed by atoms with Crippen molar-refractivity contribution in [1.29, 1.82) is 0 Å². The largest absolute Gasteiger partial charge is 0.352 e. The lowest BCUT2D eigenvalue weighted by molar-refractivity contribution is -0.133. The van der Waals surface area contributed by atoms with Crippen LogP contribution < -0.4 is 11.1 Å². The van der Waals surface area contributed by atoms with Gasteiger partial charge in [-0.25, -0.2) is 0 Å². The number of nitrogens with one attached hydrogen (secondary N) is 1. The van der Waals surface area contributed by atoms with Crippen molar-refractivity contribution in [1.82, 2.24) is 5.32 Å². The molecule has 110 valence electrons. The third-order valence-electron chi connectivity index (χ3n) is 4.83. The molecular weight excluding hydrogens is 256 g/mol. The second-order valence-corrected chi connectivity index (χ2v) is 7.57. The SMILES string of the molecule is CCSC1CCCC1NC(=O)C1(CN)CCCCC1. The molecule has 2 unspecified atom stereocenters. The molecule has 0 aromatic rings. The predicted molar refractivity (Wildman–Crippen MR) is 82.3 cm³/mol. The van der Waals surface area contributed by atoms with Gasteiger partial charge in [0.2, 0.25) is 5.91 Å². The lowest BCUT2D eigenvalue weighted by Gasteiger charge is -2.36. The van der Waals surface area contributed by atoms with Gasteiger partial charge in [-0.2, -0.15) is 11.8 Å². The van der Waals surface area contributed by atoms with E-state index < -0.39 is 0 Å². The van der Waals surface area contributed by atoms with Gasteiger partial charge in [-0.3, -0.25) is 4.79 Å². The first-order valence-electron chi connectivity index (χ1n) is 7.84. The Morgan fingerprint density at radius 1 is 1.26 bits per heavy atom. The van der Waals surface area contributed by atoms with Crippen molar-refractivity contribution < 1.29 is 4.79 Å². The number of thioether (sulfide) groups is 1. The number of carbonyl (C=O) groups excluding carboxylic acids is 1. The molecule has 19 heavy (non-hydrogen) atoms. The lowest BCUT2D eigenvalue weighted by Crippen LogP contribution is -2.51. The second kappa shape index (κ2) is 6.98. The Labute approximate surface area is 121 Å². The smallest absolute Gasteiger partial charge is 0.227 e. The molecule has 0 aliphatic heterocycles. The molecular formula is C15H28N2OS. The monoisotopic (exact) mass is 284 g/mol. The summed E-state index contributed by atoms with van der Waals surface area (Å²) in [5, 5.41) is 3.95. The molecule has 1 amide bonds. The van der Waals surface area contributed by atoms with Crippen LogP contribution in [0.5, 0.6) is 0 Å². The zero-order valence-corrected chi connectivity index (χ0v) is 12.9. The fourth-order valence-electron chi connectivity index (χ4n) is 3.58. The van der Waals surface area contributed by atoms with Crippen molar-refractivity contribution in [3.05, 3.63) is 0 Å². The highest BCUT2D eigenvalue weighted by atomic mass is 32.2. The molecule has 2 rings (SSSR count). The predicted octanol–water partition coefficient (Wildman–Crippen LogP) is 2.69. The highest BCUT2D eigenvalue weighted by molar-refractivity contribution is 7.99. The maximum Gasteiger partial charge on any atom is 0.227 e. The zero-order valence-electron chi connectivity index (χ0n) is 12.1. The number of nitrogens with two attached hydrogens (primary N) is 1. The van der Waals surface area contributed by atoms with Gasteiger partial charge in [0.25, 0.3) is 0 Å². The number of carbonyl (C=O) groups is 1. The number of rotatable bonds is 5. The first kappa shape index (κ1) is 15.2. The summed E-state index contributed by atoms with van der Waals surface area (Å²) in [7, 11) is 0. The van der Waals surface area contributed by atoms with Crippen LogP contribution in [0, 0.1) is 5.41 Å². The Bertz CT molecular complexity index is 303. The first-order chi connectivity index (χ1) is 9.22. The molecule has 0 spiro atoms. The summed E-state index contributed by atoms with van der Waals surface area (Å²) < 4.78 is 0. The average molecular weight is 284 g/mol. The fraction of sp³-hybridized carbons (Fsp3) is 0.933. The van der Waals surface area contributed by atoms with Crippen molar-refractivity contribution >= 4 is 17.7 Å². The highest BCUT2D eigenvalue weighted by Gasteiger charge is 2.40. The fourth-order valence-corrected chi connectivity index (χ4v) is 4.78. The van der Waals surface area contributed by atoms with Crippen molar-refractivity contribution in [2.75, 3.05) is 12.3 Å². The minimum absolute atomic E-state index is 0.239. The van der Waals surface area contributed by atoms with E-state index in [9.17, 15) is 4.79 Å². The lowest BCUT2D eigenvalue weighted by atomic mass is 9.73. The standard InChI is InChI=1S/C15H28N2OS/c1-2-19-13-8-6-7-12(13)17-14(18)15(11-16)9-4-3-5-10-15/h12-13H,2-11,16H2,1H3,(H,17,18). The summed E-state index contributed by atoms with van der Waals surface area (Å²) in [4.78, 5) is 12.7. The van der Waals surface area contributed by atoms with E-state index >= 15 is 0 Å². The maximum atomic E-state index is 12.7. The van der Waals surface area contributed by atoms with E-state index in [1.807, 2.05) is 11.8 Å². The summed E-state index contributed by atoms with van der Waals surface area (Å²) >= 11 is 2.00. The van der Waals surface area contributed by atoms with Gasteiger partial charge in [-0.1, -0.05) is 32.6 Å². The van der Waals surface area contributed by atoms with Gasteiger partial charge in [0.15, 0.2) is 0 Å². The van der Waals surface area contributed by atoms with Crippen LogP contribution in [0.1, 0.15) is 58.3 Å². The maximum absolute atomic E-state index is 12.7. The van der Waals surface area contributed by atoms with Crippen LogP contribution in [-0.4, -0.2) is 29.5 Å². The Kier molecular flexibility index (Phi) is 5.58. The average Bonchev–Trinajstić information content (AvgIpc) is 2.87. The zero-order chi connectivity index (χ0) is 13.7. The number of hydrogen-bond acceptors (Lipinski definition) is 3. The molecule has 0 aromatic heterocycles. The van der Waals surface area contributed by atoms with Crippen LogP contribution in [0.2, 0.25) is 0 Å². The van der Waals surface area contributed by atoms with E-state index in [1.54, 1.807) is 0 Å². The van der Waals surface area contributed by atoms with E-state index in [4.69, 9.17) is 5.73 Å². The summed E-state index contributed by atoms with van der Waals surface area (Å²) in [5.41, 5.74) is 5.68. The first-order valence-corrected chi connectivity index (χ1v) is 8.89. The van der Waals surface area contributed by atoms with E-state index in [2.05, 4.69) is 12.2 Å². The van der Waals surface area contributed by atoms with Crippen LogP contribution in [-0.2, 0) is 4.79 Å². The highest BCUT2D eigenvalue weighted by Crippen LogP contribution is 2.37. The quantitative estimate of drug-likeness (QED) is 0.816. The van der Waals surface area contributed by atoms with Crippen molar-refractivity contribution in [2.24, 2.45) is 11.1 Å². The van der Waals surface area contributed by atoms with Gasteiger partial charge in [0.1, 0.15) is 0 Å². The van der Waals surface area contributed by atoms with Crippen LogP contribution in [0.15, 0.2) is 0 Å². The molecule has 2 aliphatic rings. The third-order valence-corrected chi connectivity index (χ3v) is 6.16. The molecule has 0 radical (unpaired) electrons. The van der Waals surface area contributed by atoms with Gasteiger partial charge < -0.3 is 11.1 Å². The summed E-state index contributed by atoms with van der Waals surface area (Å²) in [6.45, 7) is 2.71. The van der Waals surface area contributed by atoms with E-state index in [-0.39, 0.29) is 11.3 Å². The summed E-state index contributed by atoms with van der Waals surface area (Å²) in [5.74, 6) is 1.38. The molecule has 0 bridgehead atoms. The van der Waals surface area contributed by atoms with Gasteiger partial charge >= 0.3 is 0 Å². The van der Waals surface area contributed by atoms with E-state index in [0.717, 1.165) is 37.9 Å². The molecule has 0 saturated heterocycles. The molecule has 2 atom stereocenters. The third kappa shape index (κ3) is 3.46. The molecule has 2 fully saturated rings. The molecule has 2 aliphatic carbocycles. The van der Waals surface area contributed by atoms with E-state index in [1.165, 1.54) is 19.3 Å². The van der Waals surface area contributed by atoms with E-state index in [0.29, 0.717) is 17.8 Å². The van der Waals surface area contributed by atoms with Crippen molar-refractivity contribution in [2.45, 2.75) is 69.6 Å². The van der Waals surface area contributed by atoms with Crippen LogP contribution in [0.4, 0.5) is 0 Å². The molecule has 3 nitrogen and oxygen atoms in total. The number of hydrogen-bond donors (Lipinski definition) is 2. The molecule has 0 aromatic carbocycles. The Morgan fingerprint density at radius 2 is 2.00 bits per heavy atom. The summed E-state index contributed by atoms with van der Waals surface area (Å²) in [6.07, 6.45) is 9.17. The summed E-state index contributed by atoms with van der Waals surface area (Å²) in [6, 6.07) is 0.378. The molecule has 4 heteroatoms. The van der Waals surface area contributed by atoms with Crippen LogP contribution in [0.3, 0.4) is 0 Å². The molecule has 3 N–H and O–H groups in total. The normalized spacial score (nSPS) is 30.2. The van der Waals surface area contributed by atoms with Gasteiger partial charge in [-0.15, -0.1) is 0 Å². The number of amides is 1. The second-order valence-electron chi connectivity index (χ2n) is 6.05.